The Hall–Kier alpha value is -0.180. The first kappa shape index (κ1) is 27.8. The van der Waals surface area contributed by atoms with Gasteiger partial charge in [-0.15, -0.1) is 0 Å². The highest BCUT2D eigenvalue weighted by atomic mass is 19.3. The molecule has 0 saturated heterocycles. The monoisotopic (exact) mass is 494 g/mol. The molecule has 0 radical (unpaired) electrons. The van der Waals surface area contributed by atoms with Gasteiger partial charge in [0.1, 0.15) is 0 Å². The molecule has 4 fully saturated rings. The van der Waals surface area contributed by atoms with Crippen LogP contribution in [0.15, 0.2) is 0 Å². The van der Waals surface area contributed by atoms with E-state index < -0.39 is 6.43 Å². The van der Waals surface area contributed by atoms with Crippen LogP contribution in [-0.4, -0.2) is 19.1 Å². The Morgan fingerprint density at radius 1 is 0.571 bits per heavy atom. The summed E-state index contributed by atoms with van der Waals surface area (Å²) in [5.41, 5.74) is 0. The fraction of sp³-hybridized carbons (Fsp3) is 1.00. The molecule has 35 heavy (non-hydrogen) atoms. The van der Waals surface area contributed by atoms with Gasteiger partial charge < -0.3 is 4.74 Å². The van der Waals surface area contributed by atoms with Crippen molar-refractivity contribution in [2.45, 2.75) is 154 Å². The molecule has 1 nitrogen and oxygen atoms in total. The Morgan fingerprint density at radius 3 is 1.37 bits per heavy atom. The molecule has 4 rings (SSSR count). The lowest BCUT2D eigenvalue weighted by molar-refractivity contribution is 0.00398. The highest BCUT2D eigenvalue weighted by molar-refractivity contribution is 4.88. The van der Waals surface area contributed by atoms with Crippen molar-refractivity contribution >= 4 is 0 Å². The summed E-state index contributed by atoms with van der Waals surface area (Å²) in [4.78, 5) is 0. The van der Waals surface area contributed by atoms with Gasteiger partial charge in [-0.2, -0.15) is 0 Å². The van der Waals surface area contributed by atoms with Gasteiger partial charge in [0, 0.05) is 13.0 Å². The summed E-state index contributed by atoms with van der Waals surface area (Å²) < 4.78 is 30.9. The largest absolute Gasteiger partial charge is 0.378 e. The number of alkyl halides is 2. The van der Waals surface area contributed by atoms with Crippen molar-refractivity contribution in [3.8, 4) is 0 Å². The first-order valence-electron chi connectivity index (χ1n) is 16.0. The molecule has 0 amide bonds. The van der Waals surface area contributed by atoms with E-state index in [1.165, 1.54) is 116 Å². The molecule has 0 aromatic rings. The average Bonchev–Trinajstić information content (AvgIpc) is 2.90. The van der Waals surface area contributed by atoms with Gasteiger partial charge >= 0.3 is 0 Å². The van der Waals surface area contributed by atoms with Crippen molar-refractivity contribution in [3.05, 3.63) is 0 Å². The molecule has 0 bridgehead atoms. The molecule has 0 aliphatic heterocycles. The summed E-state index contributed by atoms with van der Waals surface area (Å²) in [6.07, 6.45) is 25.6. The van der Waals surface area contributed by atoms with Crippen molar-refractivity contribution in [1.82, 2.24) is 0 Å². The number of hydrogen-bond donors (Lipinski definition) is 0. The maximum absolute atomic E-state index is 12.4. The summed E-state index contributed by atoms with van der Waals surface area (Å²) in [6.45, 7) is 3.23. The number of unbranched alkanes of at least 4 members (excludes halogenated alkanes) is 1. The highest BCUT2D eigenvalue weighted by Crippen LogP contribution is 2.48. The van der Waals surface area contributed by atoms with Gasteiger partial charge in [-0.3, -0.25) is 0 Å². The van der Waals surface area contributed by atoms with Crippen LogP contribution in [0.1, 0.15) is 142 Å². The topological polar surface area (TPSA) is 9.23 Å². The van der Waals surface area contributed by atoms with Crippen LogP contribution in [-0.2, 0) is 4.74 Å². The zero-order chi connectivity index (χ0) is 24.5. The van der Waals surface area contributed by atoms with E-state index in [0.717, 1.165) is 60.9 Å². The van der Waals surface area contributed by atoms with Crippen LogP contribution in [0, 0.1) is 41.4 Å². The molecule has 0 heterocycles. The van der Waals surface area contributed by atoms with Crippen LogP contribution in [0.25, 0.3) is 0 Å². The van der Waals surface area contributed by atoms with Gasteiger partial charge in [0.25, 0.3) is 0 Å². The molecule has 0 unspecified atom stereocenters. The first-order valence-corrected chi connectivity index (χ1v) is 16.0. The summed E-state index contributed by atoms with van der Waals surface area (Å²) in [7, 11) is 0. The van der Waals surface area contributed by atoms with Crippen molar-refractivity contribution in [1.29, 1.82) is 0 Å². The Balaban J connectivity index is 1.08. The second-order valence-electron chi connectivity index (χ2n) is 13.2. The third kappa shape index (κ3) is 8.68. The Morgan fingerprint density at radius 2 is 0.971 bits per heavy atom. The van der Waals surface area contributed by atoms with Gasteiger partial charge in [-0.1, -0.05) is 32.6 Å². The summed E-state index contributed by atoms with van der Waals surface area (Å²) >= 11 is 0. The van der Waals surface area contributed by atoms with Gasteiger partial charge in [0.05, 0.1) is 6.10 Å². The van der Waals surface area contributed by atoms with Gasteiger partial charge in [0.15, 0.2) is 0 Å². The molecule has 4 aliphatic rings. The van der Waals surface area contributed by atoms with E-state index in [-0.39, 0.29) is 6.42 Å². The number of ether oxygens (including phenoxy) is 1. The standard InChI is InChI=1S/C32H56F2O/c1-2-3-23-35-31-21-19-30(20-22-31)29-17-15-28(16-18-29)27-13-11-26(12-14-27)25-9-7-24(8-10-25)5-4-6-32(33)34/h24-32H,2-23H2,1H3. The van der Waals surface area contributed by atoms with E-state index in [1.807, 2.05) is 0 Å². The fourth-order valence-electron chi connectivity index (χ4n) is 8.81. The van der Waals surface area contributed by atoms with Crippen molar-refractivity contribution < 1.29 is 13.5 Å². The minimum absolute atomic E-state index is 0.112. The zero-order valence-electron chi connectivity index (χ0n) is 22.9. The zero-order valence-corrected chi connectivity index (χ0v) is 22.9. The van der Waals surface area contributed by atoms with Crippen LogP contribution in [0.2, 0.25) is 0 Å². The third-order valence-electron chi connectivity index (χ3n) is 11.1. The molecule has 0 aromatic heterocycles. The lowest BCUT2D eigenvalue weighted by Crippen LogP contribution is -2.32. The predicted octanol–water partition coefficient (Wildman–Crippen LogP) is 10.2. The van der Waals surface area contributed by atoms with E-state index in [4.69, 9.17) is 4.74 Å². The van der Waals surface area contributed by atoms with Crippen LogP contribution < -0.4 is 0 Å². The molecular formula is C32H56F2O. The van der Waals surface area contributed by atoms with Crippen molar-refractivity contribution in [2.24, 2.45) is 41.4 Å². The van der Waals surface area contributed by atoms with Crippen LogP contribution >= 0.6 is 0 Å². The number of rotatable bonds is 11. The second-order valence-corrected chi connectivity index (χ2v) is 13.2. The fourth-order valence-corrected chi connectivity index (χ4v) is 8.81. The lowest BCUT2D eigenvalue weighted by atomic mass is 9.63. The van der Waals surface area contributed by atoms with Crippen molar-refractivity contribution in [3.63, 3.8) is 0 Å². The van der Waals surface area contributed by atoms with Gasteiger partial charge in [0.2, 0.25) is 6.43 Å². The molecule has 3 heteroatoms. The quantitative estimate of drug-likeness (QED) is 0.260. The SMILES string of the molecule is CCCCOC1CCC(C2CCC(C3CCC(C4CCC(CCCC(F)F)CC4)CC3)CC2)CC1. The van der Waals surface area contributed by atoms with Crippen LogP contribution in [0.3, 0.4) is 0 Å². The molecule has 204 valence electrons. The van der Waals surface area contributed by atoms with Crippen molar-refractivity contribution in [2.75, 3.05) is 6.61 Å². The van der Waals surface area contributed by atoms with E-state index >= 15 is 0 Å². The van der Waals surface area contributed by atoms with E-state index in [9.17, 15) is 8.78 Å². The number of hydrogen-bond acceptors (Lipinski definition) is 1. The first-order chi connectivity index (χ1) is 17.1. The maximum atomic E-state index is 12.4. The Bertz CT molecular complexity index is 548. The smallest absolute Gasteiger partial charge is 0.238 e. The Labute approximate surface area is 215 Å². The summed E-state index contributed by atoms with van der Waals surface area (Å²) in [6, 6.07) is 0. The van der Waals surface area contributed by atoms with E-state index in [0.29, 0.717) is 6.10 Å². The Kier molecular flexibility index (Phi) is 11.7. The summed E-state index contributed by atoms with van der Waals surface area (Å²) in [5.74, 6) is 6.68. The highest BCUT2D eigenvalue weighted by Gasteiger charge is 2.36. The molecular weight excluding hydrogens is 438 g/mol. The van der Waals surface area contributed by atoms with Gasteiger partial charge in [-0.25, -0.2) is 8.78 Å². The molecule has 4 saturated carbocycles. The predicted molar refractivity (Wildman–Crippen MR) is 143 cm³/mol. The third-order valence-corrected chi connectivity index (χ3v) is 11.1. The second kappa shape index (κ2) is 14.7. The minimum atomic E-state index is -2.10. The molecule has 0 atom stereocenters. The van der Waals surface area contributed by atoms with Crippen LogP contribution in [0.5, 0.6) is 0 Å². The molecule has 0 N–H and O–H groups in total. The molecule has 4 aliphatic carbocycles. The number of halogens is 2. The lowest BCUT2D eigenvalue weighted by Gasteiger charge is -2.43. The summed E-state index contributed by atoms with van der Waals surface area (Å²) in [5, 5.41) is 0. The normalized spacial score (nSPS) is 39.1. The van der Waals surface area contributed by atoms with Gasteiger partial charge in [-0.05, 0) is 144 Å². The molecule has 0 spiro atoms. The van der Waals surface area contributed by atoms with E-state index in [1.54, 1.807) is 0 Å². The maximum Gasteiger partial charge on any atom is 0.238 e. The minimum Gasteiger partial charge on any atom is -0.378 e. The van der Waals surface area contributed by atoms with E-state index in [2.05, 4.69) is 6.92 Å². The molecule has 0 aromatic carbocycles. The van der Waals surface area contributed by atoms with Crippen LogP contribution in [0.4, 0.5) is 8.78 Å². The average molecular weight is 495 g/mol.